The van der Waals surface area contributed by atoms with Crippen molar-refractivity contribution in [1.29, 1.82) is 5.26 Å². The summed E-state index contributed by atoms with van der Waals surface area (Å²) in [5.74, 6) is 0.115. The van der Waals surface area contributed by atoms with Crippen molar-refractivity contribution in [3.8, 4) is 17.7 Å². The van der Waals surface area contributed by atoms with Crippen LogP contribution in [0.3, 0.4) is 0 Å². The zero-order chi connectivity index (χ0) is 26.8. The van der Waals surface area contributed by atoms with Gasteiger partial charge in [0.1, 0.15) is 24.0 Å². The van der Waals surface area contributed by atoms with Crippen LogP contribution < -0.4 is 14.9 Å². The van der Waals surface area contributed by atoms with Gasteiger partial charge in [-0.1, -0.05) is 0 Å². The zero-order valence-electron chi connectivity index (χ0n) is 19.9. The Morgan fingerprint density at radius 2 is 1.89 bits per heavy atom. The molecule has 0 saturated heterocycles. The number of non-ortho nitro benzene ring substituents is 1. The third-order valence-electron chi connectivity index (χ3n) is 4.94. The van der Waals surface area contributed by atoms with E-state index in [1.807, 2.05) is 6.07 Å². The average Bonchev–Trinajstić information content (AvgIpc) is 2.90. The SMILES string of the molecule is COCc1c(Br)c(C)nc(OCC(=O)N/N=C\c2ccc(OCc3ccc([N+](=O)[O-])cc3)cc2)c1C#N. The van der Waals surface area contributed by atoms with E-state index in [9.17, 15) is 20.2 Å². The van der Waals surface area contributed by atoms with E-state index in [4.69, 9.17) is 14.2 Å². The second-order valence-electron chi connectivity index (χ2n) is 7.58. The van der Waals surface area contributed by atoms with Crippen molar-refractivity contribution < 1.29 is 23.9 Å². The van der Waals surface area contributed by atoms with Gasteiger partial charge in [-0.25, -0.2) is 10.4 Å². The monoisotopic (exact) mass is 567 g/mol. The first kappa shape index (κ1) is 27.3. The maximum absolute atomic E-state index is 12.1. The highest BCUT2D eigenvalue weighted by molar-refractivity contribution is 9.10. The van der Waals surface area contributed by atoms with Gasteiger partial charge in [0.05, 0.1) is 23.4 Å². The second-order valence-corrected chi connectivity index (χ2v) is 8.37. The summed E-state index contributed by atoms with van der Waals surface area (Å²) in [5, 5.41) is 24.1. The Hall–Kier alpha value is -4.34. The minimum Gasteiger partial charge on any atom is -0.489 e. The minimum absolute atomic E-state index is 0.0225. The van der Waals surface area contributed by atoms with Gasteiger partial charge in [-0.15, -0.1) is 0 Å². The predicted octanol–water partition coefficient (Wildman–Crippen LogP) is 4.19. The second kappa shape index (κ2) is 13.1. The van der Waals surface area contributed by atoms with Crippen LogP contribution in [0.25, 0.3) is 0 Å². The lowest BCUT2D eigenvalue weighted by Gasteiger charge is -2.13. The van der Waals surface area contributed by atoms with Crippen LogP contribution in [-0.4, -0.2) is 35.7 Å². The number of amides is 1. The number of halogens is 1. The summed E-state index contributed by atoms with van der Waals surface area (Å²) < 4.78 is 16.9. The van der Waals surface area contributed by atoms with E-state index in [0.717, 1.165) is 5.56 Å². The van der Waals surface area contributed by atoms with Gasteiger partial charge in [-0.05, 0) is 70.4 Å². The Labute approximate surface area is 221 Å². The normalized spacial score (nSPS) is 10.6. The molecule has 0 radical (unpaired) electrons. The van der Waals surface area contributed by atoms with Crippen molar-refractivity contribution in [2.45, 2.75) is 20.1 Å². The van der Waals surface area contributed by atoms with Gasteiger partial charge in [-0.2, -0.15) is 10.4 Å². The predicted molar refractivity (Wildman–Crippen MR) is 137 cm³/mol. The first-order valence-corrected chi connectivity index (χ1v) is 11.6. The number of hydrogen-bond donors (Lipinski definition) is 1. The van der Waals surface area contributed by atoms with E-state index in [-0.39, 0.29) is 37.0 Å². The van der Waals surface area contributed by atoms with E-state index < -0.39 is 10.8 Å². The van der Waals surface area contributed by atoms with Crippen LogP contribution in [0, 0.1) is 28.4 Å². The summed E-state index contributed by atoms with van der Waals surface area (Å²) in [7, 11) is 1.51. The van der Waals surface area contributed by atoms with Crippen molar-refractivity contribution in [3.05, 3.63) is 91.1 Å². The van der Waals surface area contributed by atoms with E-state index in [0.29, 0.717) is 27.0 Å². The lowest BCUT2D eigenvalue weighted by molar-refractivity contribution is -0.384. The van der Waals surface area contributed by atoms with Gasteiger partial charge >= 0.3 is 0 Å². The third-order valence-corrected chi connectivity index (χ3v) is 6.00. The number of pyridine rings is 1. The summed E-state index contributed by atoms with van der Waals surface area (Å²) in [5.41, 5.74) is 5.27. The molecule has 0 fully saturated rings. The van der Waals surface area contributed by atoms with Crippen LogP contribution in [0.4, 0.5) is 5.69 Å². The summed E-state index contributed by atoms with van der Waals surface area (Å²) in [4.78, 5) is 26.6. The molecule has 12 heteroatoms. The number of carbonyl (C=O) groups is 1. The third kappa shape index (κ3) is 7.57. The van der Waals surface area contributed by atoms with Crippen LogP contribution >= 0.6 is 15.9 Å². The number of nitro benzene ring substituents is 1. The van der Waals surface area contributed by atoms with Gasteiger partial charge in [0.2, 0.25) is 5.88 Å². The summed E-state index contributed by atoms with van der Waals surface area (Å²) in [6, 6.07) is 15.1. The van der Waals surface area contributed by atoms with Gasteiger partial charge in [-0.3, -0.25) is 14.9 Å². The fraction of sp³-hybridized carbons (Fsp3) is 0.200. The van der Waals surface area contributed by atoms with E-state index in [1.165, 1.54) is 25.5 Å². The zero-order valence-corrected chi connectivity index (χ0v) is 21.5. The number of nitriles is 1. The molecule has 11 nitrogen and oxygen atoms in total. The highest BCUT2D eigenvalue weighted by Gasteiger charge is 2.18. The van der Waals surface area contributed by atoms with Crippen LogP contribution in [0.1, 0.15) is 27.9 Å². The first-order chi connectivity index (χ1) is 17.8. The number of nitrogens with one attached hydrogen (secondary N) is 1. The molecule has 3 rings (SSSR count). The quantitative estimate of drug-likeness (QED) is 0.206. The smallest absolute Gasteiger partial charge is 0.278 e. The Morgan fingerprint density at radius 1 is 1.19 bits per heavy atom. The van der Waals surface area contributed by atoms with E-state index in [2.05, 4.69) is 31.4 Å². The van der Waals surface area contributed by atoms with Crippen molar-refractivity contribution >= 4 is 33.7 Å². The molecule has 0 aliphatic rings. The Morgan fingerprint density at radius 3 is 2.51 bits per heavy atom. The summed E-state index contributed by atoms with van der Waals surface area (Å²) >= 11 is 3.40. The van der Waals surface area contributed by atoms with Crippen LogP contribution in [0.2, 0.25) is 0 Å². The van der Waals surface area contributed by atoms with Gasteiger partial charge < -0.3 is 14.2 Å². The molecule has 1 aromatic heterocycles. The molecule has 190 valence electrons. The lowest BCUT2D eigenvalue weighted by Crippen LogP contribution is -2.25. The average molecular weight is 568 g/mol. The Balaban J connectivity index is 1.50. The number of benzene rings is 2. The number of carbonyl (C=O) groups excluding carboxylic acids is 1. The molecule has 0 aliphatic heterocycles. The number of aromatic nitrogens is 1. The van der Waals surface area contributed by atoms with Crippen LogP contribution in [0.5, 0.6) is 11.6 Å². The van der Waals surface area contributed by atoms with Crippen molar-refractivity contribution in [2.24, 2.45) is 5.10 Å². The van der Waals surface area contributed by atoms with Crippen LogP contribution in [-0.2, 0) is 22.7 Å². The summed E-state index contributed by atoms with van der Waals surface area (Å²) in [6.45, 7) is 1.80. The van der Waals surface area contributed by atoms with Crippen molar-refractivity contribution in [3.63, 3.8) is 0 Å². The summed E-state index contributed by atoms with van der Waals surface area (Å²) in [6.07, 6.45) is 1.46. The molecular weight excluding hydrogens is 546 g/mol. The van der Waals surface area contributed by atoms with Gasteiger partial charge in [0.25, 0.3) is 11.6 Å². The molecule has 0 aliphatic carbocycles. The molecule has 0 spiro atoms. The van der Waals surface area contributed by atoms with Gasteiger partial charge in [0, 0.05) is 29.3 Å². The molecule has 0 bridgehead atoms. The number of ether oxygens (including phenoxy) is 3. The fourth-order valence-electron chi connectivity index (χ4n) is 3.09. The molecule has 1 heterocycles. The Bertz CT molecular complexity index is 1340. The largest absolute Gasteiger partial charge is 0.489 e. The number of hydrazone groups is 1. The topological polar surface area (TPSA) is 149 Å². The Kier molecular flexibility index (Phi) is 9.65. The van der Waals surface area contributed by atoms with Gasteiger partial charge in [0.15, 0.2) is 6.61 Å². The number of nitro groups is 1. The molecule has 3 aromatic rings. The molecule has 37 heavy (non-hydrogen) atoms. The number of hydrogen-bond acceptors (Lipinski definition) is 9. The molecule has 0 unspecified atom stereocenters. The van der Waals surface area contributed by atoms with Crippen molar-refractivity contribution in [1.82, 2.24) is 10.4 Å². The highest BCUT2D eigenvalue weighted by Crippen LogP contribution is 2.30. The molecule has 1 amide bonds. The molecule has 1 N–H and O–H groups in total. The number of rotatable bonds is 11. The molecule has 2 aromatic carbocycles. The first-order valence-electron chi connectivity index (χ1n) is 10.8. The number of aryl methyl sites for hydroxylation is 1. The maximum Gasteiger partial charge on any atom is 0.278 e. The van der Waals surface area contributed by atoms with Crippen molar-refractivity contribution in [2.75, 3.05) is 13.7 Å². The molecular formula is C25H22BrN5O6. The number of nitrogens with zero attached hydrogens (tertiary/aromatic N) is 4. The maximum atomic E-state index is 12.1. The standard InChI is InChI=1S/C25H22BrN5O6/c1-16-24(26)22(14-35-2)21(11-27)25(29-16)37-15-23(32)30-28-12-17-5-9-20(10-6-17)36-13-18-3-7-19(8-4-18)31(33)34/h3-10,12H,13-15H2,1-2H3,(H,30,32)/b28-12-. The van der Waals surface area contributed by atoms with Crippen LogP contribution in [0.15, 0.2) is 58.1 Å². The molecule has 0 saturated carbocycles. The molecule has 0 atom stereocenters. The lowest BCUT2D eigenvalue weighted by atomic mass is 10.1. The number of methoxy groups -OCH3 is 1. The highest BCUT2D eigenvalue weighted by atomic mass is 79.9. The van der Waals surface area contributed by atoms with E-state index >= 15 is 0 Å². The minimum atomic E-state index is -0.529. The fourth-order valence-corrected chi connectivity index (χ4v) is 3.49. The van der Waals surface area contributed by atoms with E-state index in [1.54, 1.807) is 43.3 Å².